The van der Waals surface area contributed by atoms with Crippen LogP contribution in [0.25, 0.3) is 17.5 Å². The highest BCUT2D eigenvalue weighted by Crippen LogP contribution is 2.36. The Morgan fingerprint density at radius 3 is 2.61 bits per heavy atom. The fraction of sp³-hybridized carbons (Fsp3) is 0.0556. The highest BCUT2D eigenvalue weighted by molar-refractivity contribution is 8.04. The second-order valence-corrected chi connectivity index (χ2v) is 7.30. The lowest BCUT2D eigenvalue weighted by Gasteiger charge is -2.07. The third kappa shape index (κ3) is 4.59. The average molecular weight is 438 g/mol. The van der Waals surface area contributed by atoms with E-state index in [4.69, 9.17) is 27.9 Å². The predicted molar refractivity (Wildman–Crippen MR) is 108 cm³/mol. The summed E-state index contributed by atoms with van der Waals surface area (Å²) in [5.41, 5.74) is 1.21. The van der Waals surface area contributed by atoms with Crippen LogP contribution in [0.1, 0.15) is 5.56 Å². The number of aliphatic carboxylic acids is 1. The van der Waals surface area contributed by atoms with Gasteiger partial charge in [-0.3, -0.25) is 5.10 Å². The monoisotopic (exact) mass is 437 g/mol. The van der Waals surface area contributed by atoms with Gasteiger partial charge >= 0.3 is 5.97 Å². The van der Waals surface area contributed by atoms with Crippen molar-refractivity contribution in [2.45, 2.75) is 5.16 Å². The molecule has 0 saturated heterocycles. The van der Waals surface area contributed by atoms with E-state index in [0.29, 0.717) is 16.4 Å². The fourth-order valence-electron chi connectivity index (χ4n) is 2.25. The van der Waals surface area contributed by atoms with Crippen molar-refractivity contribution < 1.29 is 19.7 Å². The minimum absolute atomic E-state index is 0.0366. The third-order valence-electron chi connectivity index (χ3n) is 3.56. The maximum absolute atomic E-state index is 11.6. The first-order valence-corrected chi connectivity index (χ1v) is 9.32. The number of nitrogens with one attached hydrogen (secondary N) is 1. The summed E-state index contributed by atoms with van der Waals surface area (Å²) in [6, 6.07) is 9.89. The van der Waals surface area contributed by atoms with Crippen LogP contribution in [0.3, 0.4) is 0 Å². The zero-order valence-corrected chi connectivity index (χ0v) is 16.6. The van der Waals surface area contributed by atoms with Gasteiger partial charge in [-0.1, -0.05) is 23.2 Å². The number of hydrogen-bond acceptors (Lipinski definition) is 6. The average Bonchev–Trinajstić information content (AvgIpc) is 3.13. The van der Waals surface area contributed by atoms with E-state index in [1.807, 2.05) is 0 Å². The number of rotatable bonds is 6. The van der Waals surface area contributed by atoms with E-state index in [9.17, 15) is 15.0 Å². The molecule has 1 aromatic heterocycles. The molecule has 0 saturated carbocycles. The molecule has 0 unspecified atom stereocenters. The van der Waals surface area contributed by atoms with Crippen molar-refractivity contribution in [2.75, 3.05) is 7.11 Å². The van der Waals surface area contributed by atoms with Crippen LogP contribution < -0.4 is 4.74 Å². The normalized spacial score (nSPS) is 11.5. The van der Waals surface area contributed by atoms with E-state index < -0.39 is 5.97 Å². The Morgan fingerprint density at radius 1 is 1.25 bits per heavy atom. The molecule has 3 rings (SSSR count). The maximum atomic E-state index is 11.6. The van der Waals surface area contributed by atoms with Crippen molar-refractivity contribution in [1.29, 1.82) is 0 Å². The first-order chi connectivity index (χ1) is 13.4. The van der Waals surface area contributed by atoms with Gasteiger partial charge in [-0.25, -0.2) is 9.78 Å². The lowest BCUT2D eigenvalue weighted by molar-refractivity contribution is -0.131. The number of methoxy groups -OCH3 is 1. The van der Waals surface area contributed by atoms with Gasteiger partial charge in [0.15, 0.2) is 17.3 Å². The van der Waals surface area contributed by atoms with Crippen molar-refractivity contribution >= 4 is 47.0 Å². The molecule has 28 heavy (non-hydrogen) atoms. The molecule has 3 N–H and O–H groups in total. The Labute approximate surface area is 174 Å². The SMILES string of the molecule is COc1cc(/C=C(\Sc2n[nH]c(-c3ccc(Cl)cc3)n2)C(=O)O)cc(Cl)c1O. The standard InChI is InChI=1S/C18H13Cl2N3O4S/c1-27-13-7-9(6-12(20)15(13)24)8-14(17(25)26)28-18-21-16(22-23-18)10-2-4-11(19)5-3-10/h2-8,24H,1H3,(H,25,26)(H,21,22,23)/b14-8-. The Balaban J connectivity index is 1.88. The Bertz CT molecular complexity index is 1050. The van der Waals surface area contributed by atoms with Gasteiger partial charge in [-0.2, -0.15) is 0 Å². The van der Waals surface area contributed by atoms with E-state index in [2.05, 4.69) is 15.2 Å². The number of halogens is 2. The van der Waals surface area contributed by atoms with E-state index >= 15 is 0 Å². The molecule has 0 bridgehead atoms. The van der Waals surface area contributed by atoms with Crippen LogP contribution in [0.15, 0.2) is 46.5 Å². The predicted octanol–water partition coefficient (Wildman–Crippen LogP) is 4.71. The van der Waals surface area contributed by atoms with Crippen LogP contribution in [0.5, 0.6) is 11.5 Å². The van der Waals surface area contributed by atoms with Crippen molar-refractivity contribution in [3.63, 3.8) is 0 Å². The first kappa shape index (κ1) is 20.1. The number of aromatic amines is 1. The summed E-state index contributed by atoms with van der Waals surface area (Å²) in [6.07, 6.45) is 1.39. The molecular weight excluding hydrogens is 425 g/mol. The lowest BCUT2D eigenvalue weighted by atomic mass is 10.2. The number of carboxylic acid groups (broad SMARTS) is 1. The Kier molecular flexibility index (Phi) is 6.13. The van der Waals surface area contributed by atoms with Crippen molar-refractivity contribution in [2.24, 2.45) is 0 Å². The molecule has 0 atom stereocenters. The van der Waals surface area contributed by atoms with E-state index in [-0.39, 0.29) is 26.6 Å². The molecule has 3 aromatic rings. The maximum Gasteiger partial charge on any atom is 0.342 e. The van der Waals surface area contributed by atoms with Crippen molar-refractivity contribution in [3.05, 3.63) is 56.9 Å². The summed E-state index contributed by atoms with van der Waals surface area (Å²) in [5, 5.41) is 27.0. The zero-order valence-electron chi connectivity index (χ0n) is 14.3. The van der Waals surface area contributed by atoms with E-state index in [1.165, 1.54) is 25.3 Å². The van der Waals surface area contributed by atoms with Crippen molar-refractivity contribution in [3.8, 4) is 22.9 Å². The minimum atomic E-state index is -1.16. The van der Waals surface area contributed by atoms with Gasteiger partial charge in [0.1, 0.15) is 4.91 Å². The number of phenolic OH excluding ortho intramolecular Hbond substituents is 1. The fourth-order valence-corrected chi connectivity index (χ4v) is 3.30. The summed E-state index contributed by atoms with van der Waals surface area (Å²) in [7, 11) is 1.37. The minimum Gasteiger partial charge on any atom is -0.503 e. The second kappa shape index (κ2) is 8.55. The molecule has 2 aromatic carbocycles. The number of phenols is 1. The molecule has 0 aliphatic carbocycles. The molecule has 10 heteroatoms. The first-order valence-electron chi connectivity index (χ1n) is 7.75. The number of aromatic hydroxyl groups is 1. The van der Waals surface area contributed by atoms with Gasteiger partial charge < -0.3 is 14.9 Å². The van der Waals surface area contributed by atoms with Crippen LogP contribution in [-0.4, -0.2) is 38.5 Å². The van der Waals surface area contributed by atoms with Gasteiger partial charge in [0, 0.05) is 10.6 Å². The molecule has 144 valence electrons. The molecular formula is C18H13Cl2N3O4S. The molecule has 0 aliphatic heterocycles. The Hall–Kier alpha value is -2.68. The molecule has 0 amide bonds. The highest BCUT2D eigenvalue weighted by Gasteiger charge is 2.16. The quantitative estimate of drug-likeness (QED) is 0.378. The topological polar surface area (TPSA) is 108 Å². The van der Waals surface area contributed by atoms with Crippen LogP contribution in [0.4, 0.5) is 0 Å². The van der Waals surface area contributed by atoms with Crippen LogP contribution >= 0.6 is 35.0 Å². The number of hydrogen-bond donors (Lipinski definition) is 3. The Morgan fingerprint density at radius 2 is 1.96 bits per heavy atom. The lowest BCUT2D eigenvalue weighted by Crippen LogP contribution is -1.97. The van der Waals surface area contributed by atoms with Crippen LogP contribution in [0.2, 0.25) is 10.0 Å². The van der Waals surface area contributed by atoms with Gasteiger partial charge in [-0.15, -0.1) is 5.10 Å². The number of carbonyl (C=O) groups is 1. The number of ether oxygens (including phenoxy) is 1. The summed E-state index contributed by atoms with van der Waals surface area (Å²) >= 11 is 12.7. The van der Waals surface area contributed by atoms with Crippen LogP contribution in [-0.2, 0) is 4.79 Å². The summed E-state index contributed by atoms with van der Waals surface area (Å²) in [6.45, 7) is 0. The molecule has 0 fully saturated rings. The van der Waals surface area contributed by atoms with Gasteiger partial charge in [0.05, 0.1) is 12.1 Å². The number of nitrogens with zero attached hydrogens (tertiary/aromatic N) is 2. The smallest absolute Gasteiger partial charge is 0.342 e. The van der Waals surface area contributed by atoms with E-state index in [0.717, 1.165) is 17.3 Å². The zero-order chi connectivity index (χ0) is 20.3. The molecule has 1 heterocycles. The third-order valence-corrected chi connectivity index (χ3v) is 4.98. The number of benzene rings is 2. The number of carboxylic acids is 1. The largest absolute Gasteiger partial charge is 0.503 e. The van der Waals surface area contributed by atoms with Gasteiger partial charge in [0.25, 0.3) is 0 Å². The van der Waals surface area contributed by atoms with Crippen molar-refractivity contribution in [1.82, 2.24) is 15.2 Å². The molecule has 7 nitrogen and oxygen atoms in total. The summed E-state index contributed by atoms with van der Waals surface area (Å²) in [5.74, 6) is -0.756. The molecule has 0 spiro atoms. The summed E-state index contributed by atoms with van der Waals surface area (Å²) < 4.78 is 5.03. The number of thioether (sulfide) groups is 1. The molecule has 0 radical (unpaired) electrons. The molecule has 0 aliphatic rings. The van der Waals surface area contributed by atoms with Gasteiger partial charge in [0.2, 0.25) is 5.16 Å². The number of H-pyrrole nitrogens is 1. The van der Waals surface area contributed by atoms with Gasteiger partial charge in [-0.05, 0) is 59.8 Å². The van der Waals surface area contributed by atoms with E-state index in [1.54, 1.807) is 24.3 Å². The summed E-state index contributed by atoms with van der Waals surface area (Å²) in [4.78, 5) is 15.9. The van der Waals surface area contributed by atoms with Crippen LogP contribution in [0, 0.1) is 0 Å². The number of aromatic nitrogens is 3. The second-order valence-electron chi connectivity index (χ2n) is 5.44. The highest BCUT2D eigenvalue weighted by atomic mass is 35.5.